The molecule has 0 bridgehead atoms. The molecular formula is C29H20N5NaO6S. The first-order valence-corrected chi connectivity index (χ1v) is 13.4. The van der Waals surface area contributed by atoms with Gasteiger partial charge in [-0.1, -0.05) is 48.5 Å². The number of anilines is 2. The third-order valence-electron chi connectivity index (χ3n) is 6.16. The number of azo groups is 1. The molecule has 4 aromatic rings. The number of hydrazone groups is 1. The molecule has 0 fully saturated rings. The number of rotatable bonds is 7. The molecule has 0 spiro atoms. The molecule has 1 aliphatic rings. The Morgan fingerprint density at radius 1 is 0.881 bits per heavy atom. The van der Waals surface area contributed by atoms with E-state index in [0.29, 0.717) is 22.5 Å². The summed E-state index contributed by atoms with van der Waals surface area (Å²) in [5.74, 6) is -1.90. The summed E-state index contributed by atoms with van der Waals surface area (Å²) < 4.78 is 35.5. The van der Waals surface area contributed by atoms with Crippen LogP contribution in [0.5, 0.6) is 0 Å². The summed E-state index contributed by atoms with van der Waals surface area (Å²) in [6, 6.07) is 22.0. The van der Waals surface area contributed by atoms with Gasteiger partial charge in [0.15, 0.2) is 5.78 Å². The number of ketones is 1. The zero-order valence-electron chi connectivity index (χ0n) is 22.1. The number of nitrogens with one attached hydrogen (secondary N) is 1. The maximum atomic E-state index is 11.8. The minimum Gasteiger partial charge on any atom is -0.744 e. The van der Waals surface area contributed by atoms with E-state index in [-0.39, 0.29) is 51.9 Å². The number of benzene rings is 4. The second kappa shape index (κ2) is 12.6. The number of carbonyl (C=O) groups excluding carboxylic acids is 1. The first-order valence-electron chi connectivity index (χ1n) is 12.0. The van der Waals surface area contributed by atoms with E-state index in [1.165, 1.54) is 18.2 Å². The summed E-state index contributed by atoms with van der Waals surface area (Å²) in [5, 5.41) is 22.1. The number of carboxylic acid groups (broad SMARTS) is 1. The van der Waals surface area contributed by atoms with Crippen molar-refractivity contribution in [2.24, 2.45) is 15.3 Å². The van der Waals surface area contributed by atoms with E-state index in [1.54, 1.807) is 42.5 Å². The fraction of sp³-hybridized carbons (Fsp3) is 0. The number of nitrogens with zero attached hydrogens (tertiary/aromatic N) is 3. The van der Waals surface area contributed by atoms with Crippen LogP contribution < -0.4 is 40.7 Å². The molecule has 13 heteroatoms. The predicted molar refractivity (Wildman–Crippen MR) is 153 cm³/mol. The number of fused-ring (bicyclic) bond motifs is 1. The molecule has 1 aliphatic carbocycles. The molecule has 0 radical (unpaired) electrons. The maximum Gasteiger partial charge on any atom is 1.00 e. The van der Waals surface area contributed by atoms with Crippen LogP contribution in [0.1, 0.15) is 0 Å². The Balaban J connectivity index is 0.00000405. The third kappa shape index (κ3) is 6.70. The zero-order chi connectivity index (χ0) is 29.1. The van der Waals surface area contributed by atoms with E-state index in [4.69, 9.17) is 10.8 Å². The van der Waals surface area contributed by atoms with E-state index >= 15 is 0 Å². The SMILES string of the molecule is Nc1c(N=Nc2ccc(-c3ccc(N/N=C4/C=CC(=O)C(C(=O)O)=C4)cc3)cc2)cc(S(=O)(=O)[O-])c2ccccc12.[Na+]. The van der Waals surface area contributed by atoms with E-state index in [9.17, 15) is 22.6 Å². The van der Waals surface area contributed by atoms with Gasteiger partial charge in [-0.3, -0.25) is 10.2 Å². The minimum absolute atomic E-state index is 0. The molecule has 11 nitrogen and oxygen atoms in total. The number of carboxylic acids is 1. The van der Waals surface area contributed by atoms with Gasteiger partial charge in [-0.25, -0.2) is 13.2 Å². The molecule has 5 rings (SSSR count). The van der Waals surface area contributed by atoms with Crippen LogP contribution >= 0.6 is 0 Å². The molecule has 0 saturated heterocycles. The molecule has 204 valence electrons. The Labute approximate surface area is 262 Å². The number of aliphatic carboxylic acids is 1. The number of hydrogen-bond donors (Lipinski definition) is 3. The summed E-state index contributed by atoms with van der Waals surface area (Å²) >= 11 is 0. The van der Waals surface area contributed by atoms with Gasteiger partial charge in [-0.15, -0.1) is 5.11 Å². The number of carbonyl (C=O) groups is 2. The van der Waals surface area contributed by atoms with Crippen LogP contribution in [0, 0.1) is 0 Å². The van der Waals surface area contributed by atoms with Crippen LogP contribution in [-0.4, -0.2) is 35.5 Å². The van der Waals surface area contributed by atoms with E-state index in [0.717, 1.165) is 23.3 Å². The predicted octanol–water partition coefficient (Wildman–Crippen LogP) is 2.33. The van der Waals surface area contributed by atoms with E-state index in [2.05, 4.69) is 20.8 Å². The van der Waals surface area contributed by atoms with Crippen molar-refractivity contribution < 1.29 is 57.2 Å². The Bertz CT molecular complexity index is 1930. The fourth-order valence-corrected chi connectivity index (χ4v) is 4.80. The van der Waals surface area contributed by atoms with Crippen molar-refractivity contribution >= 4 is 61.1 Å². The van der Waals surface area contributed by atoms with Gasteiger partial charge in [0, 0.05) is 10.8 Å². The molecule has 42 heavy (non-hydrogen) atoms. The quantitative estimate of drug-likeness (QED) is 0.0557. The summed E-state index contributed by atoms with van der Waals surface area (Å²) in [7, 11) is -4.77. The van der Waals surface area contributed by atoms with Gasteiger partial charge in [0.2, 0.25) is 0 Å². The molecule has 0 saturated carbocycles. The Morgan fingerprint density at radius 2 is 1.50 bits per heavy atom. The molecule has 0 atom stereocenters. The second-order valence-electron chi connectivity index (χ2n) is 8.84. The fourth-order valence-electron chi connectivity index (χ4n) is 4.09. The topological polar surface area (TPSA) is 187 Å². The summed E-state index contributed by atoms with van der Waals surface area (Å²) in [5.41, 5.74) is 12.1. The average Bonchev–Trinajstić information content (AvgIpc) is 2.96. The third-order valence-corrected chi connectivity index (χ3v) is 7.04. The first-order chi connectivity index (χ1) is 19.6. The van der Waals surface area contributed by atoms with Gasteiger partial charge < -0.3 is 15.4 Å². The number of nitrogen functional groups attached to an aromatic ring is 1. The molecule has 0 aliphatic heterocycles. The Kier molecular flexibility index (Phi) is 9.14. The molecule has 0 amide bonds. The first kappa shape index (κ1) is 30.5. The number of allylic oxidation sites excluding steroid dienone is 3. The summed E-state index contributed by atoms with van der Waals surface area (Å²) in [6.07, 6.45) is 3.78. The molecule has 0 aromatic heterocycles. The van der Waals surface area contributed by atoms with Crippen molar-refractivity contribution in [3.63, 3.8) is 0 Å². The minimum atomic E-state index is -4.77. The smallest absolute Gasteiger partial charge is 0.744 e. The van der Waals surface area contributed by atoms with Crippen molar-refractivity contribution in [1.29, 1.82) is 0 Å². The largest absolute Gasteiger partial charge is 1.00 e. The van der Waals surface area contributed by atoms with Crippen LogP contribution in [-0.2, 0) is 19.7 Å². The van der Waals surface area contributed by atoms with Crippen molar-refractivity contribution in [3.05, 3.63) is 103 Å². The molecule has 0 unspecified atom stereocenters. The summed E-state index contributed by atoms with van der Waals surface area (Å²) in [4.78, 5) is 22.3. The molecule has 4 N–H and O–H groups in total. The molecule has 4 aromatic carbocycles. The van der Waals surface area contributed by atoms with Gasteiger partial charge in [0.05, 0.1) is 27.7 Å². The van der Waals surface area contributed by atoms with Crippen LogP contribution in [0.25, 0.3) is 21.9 Å². The molecule has 0 heterocycles. The van der Waals surface area contributed by atoms with Crippen LogP contribution in [0.2, 0.25) is 0 Å². The van der Waals surface area contributed by atoms with Crippen molar-refractivity contribution in [3.8, 4) is 11.1 Å². The van der Waals surface area contributed by atoms with Crippen molar-refractivity contribution in [2.75, 3.05) is 11.2 Å². The Morgan fingerprint density at radius 3 is 2.12 bits per heavy atom. The van der Waals surface area contributed by atoms with Crippen molar-refractivity contribution in [2.45, 2.75) is 4.90 Å². The summed E-state index contributed by atoms with van der Waals surface area (Å²) in [6.45, 7) is 0. The number of nitrogens with two attached hydrogens (primary N) is 1. The van der Waals surface area contributed by atoms with Crippen LogP contribution in [0.4, 0.5) is 22.7 Å². The number of hydrogen-bond acceptors (Lipinski definition) is 10. The maximum absolute atomic E-state index is 11.8. The van der Waals surface area contributed by atoms with Crippen molar-refractivity contribution in [1.82, 2.24) is 0 Å². The second-order valence-corrected chi connectivity index (χ2v) is 10.2. The van der Waals surface area contributed by atoms with Gasteiger partial charge in [0.25, 0.3) is 0 Å². The normalized spacial score (nSPS) is 14.2. The van der Waals surface area contributed by atoms with Gasteiger partial charge in [0.1, 0.15) is 21.4 Å². The Hall–Kier alpha value is -4.46. The van der Waals surface area contributed by atoms with Crippen LogP contribution in [0.15, 0.2) is 123 Å². The standard InChI is InChI=1S/C29H21N5O6S.Na/c30-28-23-4-2-1-3-22(23)27(41(38,39)40)16-25(28)34-32-20-11-7-18(8-12-20)17-5-9-19(10-6-17)31-33-21-13-14-26(35)24(15-21)29(36)37;/h1-16,31H,30H2,(H,36,37)(H,38,39,40);/q;+1/p-1/b33-21-,34-32?;. The zero-order valence-corrected chi connectivity index (χ0v) is 24.9. The molecular weight excluding hydrogens is 569 g/mol. The van der Waals surface area contributed by atoms with E-state index < -0.39 is 26.8 Å². The van der Waals surface area contributed by atoms with E-state index in [1.807, 2.05) is 24.3 Å². The monoisotopic (exact) mass is 589 g/mol. The average molecular weight is 590 g/mol. The van der Waals surface area contributed by atoms with Gasteiger partial charge in [-0.2, -0.15) is 10.2 Å². The van der Waals surface area contributed by atoms with Crippen LogP contribution in [0.3, 0.4) is 0 Å². The van der Waals surface area contributed by atoms with Gasteiger partial charge >= 0.3 is 35.5 Å². The van der Waals surface area contributed by atoms with Gasteiger partial charge in [-0.05, 0) is 59.7 Å².